The first kappa shape index (κ1) is 22.8. The Morgan fingerprint density at radius 2 is 1.32 bits per heavy atom. The van der Waals surface area contributed by atoms with Gasteiger partial charge in [0.05, 0.1) is 5.69 Å². The van der Waals surface area contributed by atoms with Gasteiger partial charge in [0, 0.05) is 11.6 Å². The number of nitrogens with one attached hydrogen (secondary N) is 1. The summed E-state index contributed by atoms with van der Waals surface area (Å²) in [4.78, 5) is 6.49. The Hall–Kier alpha value is -1.44. The fraction of sp³-hybridized carbons (Fsp3) is 0.692. The standard InChI is InChI=1S/C26H44N2/c1-23(2,3)17-20(25(7,8)9)28(26(10,11)12)21-16-14-18-13-15-19(22(18)27-21)24(4,5)6/h13-16,20,27H,17H2,1-12H3. The predicted molar refractivity (Wildman–Crippen MR) is 126 cm³/mol. The minimum absolute atomic E-state index is 0.0157. The molecule has 1 aliphatic heterocycles. The van der Waals surface area contributed by atoms with E-state index in [1.165, 1.54) is 22.6 Å². The van der Waals surface area contributed by atoms with Gasteiger partial charge in [-0.1, -0.05) is 74.4 Å². The van der Waals surface area contributed by atoms with Gasteiger partial charge in [-0.15, -0.1) is 0 Å². The zero-order valence-electron chi connectivity index (χ0n) is 20.5. The van der Waals surface area contributed by atoms with Gasteiger partial charge in [0.25, 0.3) is 0 Å². The number of nitrogens with zero attached hydrogens (tertiary/aromatic N) is 1. The summed E-state index contributed by atoms with van der Waals surface area (Å²) in [6.45, 7) is 28.1. The van der Waals surface area contributed by atoms with Gasteiger partial charge in [0.15, 0.2) is 0 Å². The molecule has 0 fully saturated rings. The zero-order chi connectivity index (χ0) is 21.7. The van der Waals surface area contributed by atoms with Crippen molar-refractivity contribution >= 4 is 5.82 Å². The number of aromatic nitrogens is 1. The average molecular weight is 385 g/mol. The number of pyridine rings is 1. The highest BCUT2D eigenvalue weighted by atomic mass is 15.3. The normalized spacial score (nSPS) is 15.1. The molecule has 1 aliphatic carbocycles. The lowest BCUT2D eigenvalue weighted by Crippen LogP contribution is -2.55. The molecule has 0 saturated carbocycles. The molecule has 0 saturated heterocycles. The van der Waals surface area contributed by atoms with E-state index in [1.54, 1.807) is 0 Å². The topological polar surface area (TPSA) is 19.0 Å². The van der Waals surface area contributed by atoms with Crippen molar-refractivity contribution in [2.75, 3.05) is 4.90 Å². The van der Waals surface area contributed by atoms with Crippen LogP contribution < -0.4 is 4.90 Å². The molecule has 158 valence electrons. The number of fused-ring (bicyclic) bond motifs is 1. The molecule has 1 heterocycles. The maximum absolute atomic E-state index is 3.85. The van der Waals surface area contributed by atoms with Crippen LogP contribution >= 0.6 is 0 Å². The number of H-pyrrole nitrogens is 1. The van der Waals surface area contributed by atoms with E-state index in [0.29, 0.717) is 6.04 Å². The Bertz CT molecular complexity index is 754. The number of aromatic amines is 1. The smallest absolute Gasteiger partial charge is 0.106 e. The summed E-state index contributed by atoms with van der Waals surface area (Å²) in [7, 11) is 0. The Balaban J connectivity index is 2.67. The van der Waals surface area contributed by atoms with E-state index in [9.17, 15) is 0 Å². The summed E-state index contributed by atoms with van der Waals surface area (Å²) in [6.07, 6.45) is 1.15. The van der Waals surface area contributed by atoms with Crippen molar-refractivity contribution in [2.24, 2.45) is 10.8 Å². The molecule has 2 nitrogen and oxygen atoms in total. The third-order valence-electron chi connectivity index (χ3n) is 5.57. The SMILES string of the molecule is CC(C)(C)CC(N(c1ccc2ccc(C(C)(C)C)c-2[nH]1)C(C)(C)C)C(C)(C)C. The van der Waals surface area contributed by atoms with E-state index in [1.807, 2.05) is 0 Å². The fourth-order valence-electron chi connectivity index (χ4n) is 4.24. The van der Waals surface area contributed by atoms with Crippen LogP contribution in [0.4, 0.5) is 5.82 Å². The Labute approximate surface area is 174 Å². The molecule has 1 atom stereocenters. The van der Waals surface area contributed by atoms with Crippen LogP contribution in [0.5, 0.6) is 0 Å². The molecule has 0 spiro atoms. The van der Waals surface area contributed by atoms with E-state index in [0.717, 1.165) is 6.42 Å². The van der Waals surface area contributed by atoms with Crippen LogP contribution in [0.15, 0.2) is 24.3 Å². The van der Waals surface area contributed by atoms with Crippen LogP contribution in [0.1, 0.15) is 95.1 Å². The minimum Gasteiger partial charge on any atom is -0.350 e. The van der Waals surface area contributed by atoms with Crippen molar-refractivity contribution in [3.05, 3.63) is 29.8 Å². The number of hydrogen-bond acceptors (Lipinski definition) is 1. The first-order valence-electron chi connectivity index (χ1n) is 10.8. The summed E-state index contributed by atoms with van der Waals surface area (Å²) in [5.41, 5.74) is 4.54. The van der Waals surface area contributed by atoms with Gasteiger partial charge in [-0.2, -0.15) is 0 Å². The van der Waals surface area contributed by atoms with Crippen molar-refractivity contribution < 1.29 is 0 Å². The quantitative estimate of drug-likeness (QED) is 0.570. The summed E-state index contributed by atoms with van der Waals surface area (Å²) in [5, 5.41) is 0. The van der Waals surface area contributed by atoms with Gasteiger partial charge in [-0.25, -0.2) is 0 Å². The van der Waals surface area contributed by atoms with E-state index in [4.69, 9.17) is 0 Å². The molecule has 28 heavy (non-hydrogen) atoms. The first-order valence-corrected chi connectivity index (χ1v) is 10.8. The zero-order valence-corrected chi connectivity index (χ0v) is 20.5. The largest absolute Gasteiger partial charge is 0.350 e. The maximum Gasteiger partial charge on any atom is 0.106 e. The van der Waals surface area contributed by atoms with Crippen molar-refractivity contribution in [2.45, 2.75) is 107 Å². The highest BCUT2D eigenvalue weighted by Crippen LogP contribution is 2.42. The Morgan fingerprint density at radius 1 is 0.786 bits per heavy atom. The third kappa shape index (κ3) is 5.13. The second kappa shape index (κ2) is 7.11. The number of rotatable bonds is 3. The van der Waals surface area contributed by atoms with Crippen molar-refractivity contribution in [1.82, 2.24) is 4.98 Å². The monoisotopic (exact) mass is 384 g/mol. The average Bonchev–Trinajstić information content (AvgIpc) is 2.85. The predicted octanol–water partition coefficient (Wildman–Crippen LogP) is 7.87. The summed E-state index contributed by atoms with van der Waals surface area (Å²) >= 11 is 0. The molecule has 2 heteroatoms. The van der Waals surface area contributed by atoms with Crippen molar-refractivity contribution in [3.63, 3.8) is 0 Å². The van der Waals surface area contributed by atoms with E-state index < -0.39 is 0 Å². The van der Waals surface area contributed by atoms with Gasteiger partial charge in [-0.05, 0) is 66.7 Å². The molecule has 0 aromatic carbocycles. The molecule has 0 aromatic heterocycles. The molecule has 0 aromatic rings. The molecular formula is C26H44N2. The molecule has 0 radical (unpaired) electrons. The first-order chi connectivity index (χ1) is 12.4. The second-order valence-corrected chi connectivity index (χ2v) is 12.9. The van der Waals surface area contributed by atoms with Crippen LogP contribution in [0.25, 0.3) is 11.3 Å². The summed E-state index contributed by atoms with van der Waals surface area (Å²) < 4.78 is 0. The van der Waals surface area contributed by atoms with E-state index in [2.05, 4.69) is 117 Å². The van der Waals surface area contributed by atoms with Gasteiger partial charge >= 0.3 is 0 Å². The molecule has 2 rings (SSSR count). The molecule has 1 N–H and O–H groups in total. The van der Waals surface area contributed by atoms with E-state index in [-0.39, 0.29) is 21.8 Å². The molecule has 0 bridgehead atoms. The van der Waals surface area contributed by atoms with Crippen LogP contribution in [0.2, 0.25) is 0 Å². The van der Waals surface area contributed by atoms with E-state index >= 15 is 0 Å². The molecule has 1 unspecified atom stereocenters. The lowest BCUT2D eigenvalue weighted by atomic mass is 9.74. The summed E-state index contributed by atoms with van der Waals surface area (Å²) in [6, 6.07) is 9.51. The molecular weight excluding hydrogens is 340 g/mol. The second-order valence-electron chi connectivity index (χ2n) is 12.9. The highest BCUT2D eigenvalue weighted by molar-refractivity contribution is 5.71. The Kier molecular flexibility index (Phi) is 5.80. The van der Waals surface area contributed by atoms with Crippen LogP contribution in [0.3, 0.4) is 0 Å². The van der Waals surface area contributed by atoms with Crippen molar-refractivity contribution in [3.8, 4) is 11.3 Å². The van der Waals surface area contributed by atoms with Gasteiger partial charge in [0.1, 0.15) is 5.82 Å². The minimum atomic E-state index is 0.0157. The van der Waals surface area contributed by atoms with Crippen molar-refractivity contribution in [1.29, 1.82) is 0 Å². The fourth-order valence-corrected chi connectivity index (χ4v) is 4.24. The molecule has 2 aliphatic rings. The Morgan fingerprint density at radius 3 is 1.75 bits per heavy atom. The van der Waals surface area contributed by atoms with Gasteiger partial charge in [-0.3, -0.25) is 0 Å². The number of anilines is 1. The lowest BCUT2D eigenvalue weighted by Gasteiger charge is -2.50. The van der Waals surface area contributed by atoms with Gasteiger partial charge in [0.2, 0.25) is 0 Å². The number of hydrogen-bond donors (Lipinski definition) is 1. The lowest BCUT2D eigenvalue weighted by molar-refractivity contribution is 0.197. The van der Waals surface area contributed by atoms with Gasteiger partial charge < -0.3 is 9.88 Å². The van der Waals surface area contributed by atoms with Crippen LogP contribution in [-0.4, -0.2) is 16.6 Å². The summed E-state index contributed by atoms with van der Waals surface area (Å²) in [5.74, 6) is 1.22. The van der Waals surface area contributed by atoms with Crippen LogP contribution in [0, 0.1) is 10.8 Å². The van der Waals surface area contributed by atoms with Crippen LogP contribution in [-0.2, 0) is 5.41 Å². The third-order valence-corrected chi connectivity index (χ3v) is 5.57. The molecule has 0 amide bonds. The highest BCUT2D eigenvalue weighted by Gasteiger charge is 2.39. The maximum atomic E-state index is 3.85.